The van der Waals surface area contributed by atoms with Gasteiger partial charge in [0.25, 0.3) is 0 Å². The van der Waals surface area contributed by atoms with E-state index in [2.05, 4.69) is 39.9 Å². The molecule has 1 unspecified atom stereocenters. The lowest BCUT2D eigenvalue weighted by Crippen LogP contribution is -2.25. The Balaban J connectivity index is 2.10. The molecule has 1 saturated carbocycles. The van der Waals surface area contributed by atoms with Gasteiger partial charge in [-0.05, 0) is 35.4 Å². The molecule has 0 heterocycles. The van der Waals surface area contributed by atoms with E-state index in [4.69, 9.17) is 0 Å². The molecule has 20 heavy (non-hydrogen) atoms. The molecule has 0 saturated heterocycles. The minimum absolute atomic E-state index is 0.217. The van der Waals surface area contributed by atoms with Crippen LogP contribution in [0.3, 0.4) is 0 Å². The monoisotopic (exact) mass is 295 g/mol. The average molecular weight is 295 g/mol. The molecule has 0 spiro atoms. The number of nitrogens with one attached hydrogen (secondary N) is 1. The van der Waals surface area contributed by atoms with Gasteiger partial charge in [0.1, 0.15) is 0 Å². The first kappa shape index (κ1) is 15.5. The highest BCUT2D eigenvalue weighted by Gasteiger charge is 2.64. The number of hydrogen-bond acceptors (Lipinski definition) is 3. The van der Waals surface area contributed by atoms with Crippen LogP contribution in [-0.4, -0.2) is 20.7 Å². The number of sulfone groups is 1. The van der Waals surface area contributed by atoms with Crippen molar-refractivity contribution in [1.29, 1.82) is 0 Å². The molecule has 1 aliphatic rings. The van der Waals surface area contributed by atoms with E-state index >= 15 is 0 Å². The van der Waals surface area contributed by atoms with Gasteiger partial charge in [-0.1, -0.05) is 39.8 Å². The van der Waals surface area contributed by atoms with Crippen molar-refractivity contribution >= 4 is 9.84 Å². The molecule has 1 aromatic carbocycles. The van der Waals surface area contributed by atoms with Gasteiger partial charge in [0.15, 0.2) is 9.84 Å². The van der Waals surface area contributed by atoms with Gasteiger partial charge in [-0.3, -0.25) is 0 Å². The molecule has 0 aromatic heterocycles. The van der Waals surface area contributed by atoms with Gasteiger partial charge in [-0.2, -0.15) is 0 Å². The van der Waals surface area contributed by atoms with Crippen LogP contribution in [0.5, 0.6) is 0 Å². The quantitative estimate of drug-likeness (QED) is 0.928. The van der Waals surface area contributed by atoms with Gasteiger partial charge < -0.3 is 5.32 Å². The summed E-state index contributed by atoms with van der Waals surface area (Å²) >= 11 is 0. The standard InChI is InChI=1S/C16H25NO2S/c1-11(17-14-15(2,3)16(14,4)5)12-7-9-13(10-8-12)20(6,18)19/h7-11,14,17H,1-6H3. The minimum Gasteiger partial charge on any atom is -0.306 e. The van der Waals surface area contributed by atoms with Crippen molar-refractivity contribution in [2.75, 3.05) is 6.26 Å². The molecule has 1 aromatic rings. The highest BCUT2D eigenvalue weighted by atomic mass is 32.2. The Hall–Kier alpha value is -0.870. The molecule has 1 atom stereocenters. The molecule has 1 aliphatic carbocycles. The third-order valence-electron chi connectivity index (χ3n) is 5.25. The molecule has 0 bridgehead atoms. The molecule has 1 N–H and O–H groups in total. The molecule has 4 heteroatoms. The fourth-order valence-electron chi connectivity index (χ4n) is 2.96. The van der Waals surface area contributed by atoms with Crippen molar-refractivity contribution in [3.8, 4) is 0 Å². The first-order chi connectivity index (χ1) is 8.98. The fourth-order valence-corrected chi connectivity index (χ4v) is 3.59. The molecule has 0 aliphatic heterocycles. The molecular weight excluding hydrogens is 270 g/mol. The van der Waals surface area contributed by atoms with Crippen LogP contribution >= 0.6 is 0 Å². The second kappa shape index (κ2) is 4.57. The van der Waals surface area contributed by atoms with Crippen LogP contribution in [0.25, 0.3) is 0 Å². The van der Waals surface area contributed by atoms with Gasteiger partial charge in [0.2, 0.25) is 0 Å². The van der Waals surface area contributed by atoms with Crippen LogP contribution in [0.2, 0.25) is 0 Å². The SMILES string of the molecule is CC(NC1C(C)(C)C1(C)C)c1ccc(S(C)(=O)=O)cc1. The van der Waals surface area contributed by atoms with Crippen molar-refractivity contribution in [1.82, 2.24) is 5.32 Å². The lowest BCUT2D eigenvalue weighted by atomic mass is 10.0. The maximum absolute atomic E-state index is 11.5. The third-order valence-corrected chi connectivity index (χ3v) is 6.37. The molecule has 112 valence electrons. The van der Waals surface area contributed by atoms with Crippen LogP contribution in [0.15, 0.2) is 29.2 Å². The summed E-state index contributed by atoms with van der Waals surface area (Å²) in [5, 5.41) is 3.66. The normalized spacial score (nSPS) is 22.5. The Morgan fingerprint density at radius 1 is 1.05 bits per heavy atom. The summed E-state index contributed by atoms with van der Waals surface area (Å²) in [6, 6.07) is 7.87. The third kappa shape index (κ3) is 2.51. The van der Waals surface area contributed by atoms with E-state index in [0.717, 1.165) is 5.56 Å². The van der Waals surface area contributed by atoms with Gasteiger partial charge in [-0.15, -0.1) is 0 Å². The number of hydrogen-bond donors (Lipinski definition) is 1. The highest BCUT2D eigenvalue weighted by Crippen LogP contribution is 2.63. The van der Waals surface area contributed by atoms with E-state index in [9.17, 15) is 8.42 Å². The van der Waals surface area contributed by atoms with Gasteiger partial charge >= 0.3 is 0 Å². The van der Waals surface area contributed by atoms with Crippen molar-refractivity contribution in [2.24, 2.45) is 10.8 Å². The van der Waals surface area contributed by atoms with Crippen LogP contribution < -0.4 is 5.32 Å². The summed E-state index contributed by atoms with van der Waals surface area (Å²) in [4.78, 5) is 0.375. The molecule has 0 amide bonds. The Labute approximate surface area is 122 Å². The van der Waals surface area contributed by atoms with Crippen molar-refractivity contribution in [2.45, 2.75) is 51.6 Å². The smallest absolute Gasteiger partial charge is 0.175 e. The van der Waals surface area contributed by atoms with Gasteiger partial charge in [0, 0.05) is 18.3 Å². The maximum Gasteiger partial charge on any atom is 0.175 e. The highest BCUT2D eigenvalue weighted by molar-refractivity contribution is 7.90. The first-order valence-electron chi connectivity index (χ1n) is 7.04. The molecular formula is C16H25NO2S. The number of benzene rings is 1. The van der Waals surface area contributed by atoms with Crippen LogP contribution in [-0.2, 0) is 9.84 Å². The Morgan fingerprint density at radius 2 is 1.50 bits per heavy atom. The zero-order valence-electron chi connectivity index (χ0n) is 13.2. The van der Waals surface area contributed by atoms with Crippen molar-refractivity contribution < 1.29 is 8.42 Å². The summed E-state index contributed by atoms with van der Waals surface area (Å²) in [5.41, 5.74) is 1.72. The van der Waals surface area contributed by atoms with Crippen molar-refractivity contribution in [3.63, 3.8) is 0 Å². The minimum atomic E-state index is -3.11. The predicted octanol–water partition coefficient (Wildman–Crippen LogP) is 3.18. The van der Waals surface area contributed by atoms with Gasteiger partial charge in [-0.25, -0.2) is 8.42 Å². The lowest BCUT2D eigenvalue weighted by Gasteiger charge is -2.16. The first-order valence-corrected chi connectivity index (χ1v) is 8.93. The van der Waals surface area contributed by atoms with E-state index in [1.54, 1.807) is 12.1 Å². The summed E-state index contributed by atoms with van der Waals surface area (Å²) in [6.07, 6.45) is 1.24. The Morgan fingerprint density at radius 3 is 1.85 bits per heavy atom. The molecule has 2 rings (SSSR count). The van der Waals surface area contributed by atoms with Crippen molar-refractivity contribution in [3.05, 3.63) is 29.8 Å². The van der Waals surface area contributed by atoms with E-state index in [1.807, 2.05) is 12.1 Å². The second-order valence-corrected chi connectivity index (χ2v) is 9.12. The summed E-state index contributed by atoms with van der Waals surface area (Å²) in [5.74, 6) is 0. The molecule has 1 fully saturated rings. The Kier molecular flexibility index (Phi) is 3.54. The van der Waals surface area contributed by atoms with E-state index < -0.39 is 9.84 Å². The summed E-state index contributed by atoms with van der Waals surface area (Å²) in [7, 11) is -3.11. The van der Waals surface area contributed by atoms with Crippen LogP contribution in [0, 0.1) is 10.8 Å². The second-order valence-electron chi connectivity index (χ2n) is 7.11. The predicted molar refractivity (Wildman–Crippen MR) is 82.5 cm³/mol. The Bertz CT molecular complexity index is 586. The lowest BCUT2D eigenvalue weighted by molar-refractivity contribution is 0.457. The van der Waals surface area contributed by atoms with E-state index in [1.165, 1.54) is 6.26 Å². The topological polar surface area (TPSA) is 46.2 Å². The zero-order chi connectivity index (χ0) is 15.3. The molecule has 3 nitrogen and oxygen atoms in total. The average Bonchev–Trinajstić information content (AvgIpc) is 2.71. The molecule has 0 radical (unpaired) electrons. The van der Waals surface area contributed by atoms with Crippen LogP contribution in [0.4, 0.5) is 0 Å². The summed E-state index contributed by atoms with van der Waals surface area (Å²) < 4.78 is 22.9. The fraction of sp³-hybridized carbons (Fsp3) is 0.625. The zero-order valence-corrected chi connectivity index (χ0v) is 14.0. The van der Waals surface area contributed by atoms with E-state index in [0.29, 0.717) is 21.8 Å². The van der Waals surface area contributed by atoms with Crippen LogP contribution in [0.1, 0.15) is 46.2 Å². The van der Waals surface area contributed by atoms with E-state index in [-0.39, 0.29) is 6.04 Å². The maximum atomic E-state index is 11.5. The van der Waals surface area contributed by atoms with Gasteiger partial charge in [0.05, 0.1) is 4.90 Å². The number of rotatable bonds is 4. The largest absolute Gasteiger partial charge is 0.306 e. The summed E-state index contributed by atoms with van der Waals surface area (Å²) in [6.45, 7) is 11.3.